The largest absolute Gasteiger partial charge is 0.423 e. The second-order valence-electron chi connectivity index (χ2n) is 7.26. The van der Waals surface area contributed by atoms with Gasteiger partial charge in [0, 0.05) is 37.2 Å². The van der Waals surface area contributed by atoms with Gasteiger partial charge in [-0.05, 0) is 42.2 Å². The van der Waals surface area contributed by atoms with Crippen LogP contribution in [0.5, 0.6) is 0 Å². The molecule has 1 aromatic heterocycles. The number of nitrogens with zero attached hydrogens (tertiary/aromatic N) is 1. The summed E-state index contributed by atoms with van der Waals surface area (Å²) in [6.07, 6.45) is 0.765. The molecule has 0 aliphatic rings. The van der Waals surface area contributed by atoms with Crippen LogP contribution in [0.4, 0.5) is 5.69 Å². The number of fused-ring (bicyclic) bond motifs is 1. The standard InChI is InChI=1S/C23H26N2O3/c1-16(2)17-9-11-18(12-10-17)23(27)25(3)14-6-13-24-20-15-22(26)28-21-8-5-4-7-19(20)21/h4-5,7-12,15-16,24H,6,13-14H2,1-3H3. The maximum absolute atomic E-state index is 12.6. The fourth-order valence-corrected chi connectivity index (χ4v) is 3.13. The number of amides is 1. The highest BCUT2D eigenvalue weighted by Crippen LogP contribution is 2.21. The Hall–Kier alpha value is -3.08. The first kappa shape index (κ1) is 19.7. The van der Waals surface area contributed by atoms with Crippen LogP contribution < -0.4 is 10.9 Å². The van der Waals surface area contributed by atoms with E-state index < -0.39 is 0 Å². The first-order valence-corrected chi connectivity index (χ1v) is 9.58. The molecule has 1 amide bonds. The van der Waals surface area contributed by atoms with Crippen molar-refractivity contribution in [2.45, 2.75) is 26.2 Å². The summed E-state index contributed by atoms with van der Waals surface area (Å²) < 4.78 is 5.20. The van der Waals surface area contributed by atoms with Crippen LogP contribution in [-0.4, -0.2) is 30.9 Å². The maximum Gasteiger partial charge on any atom is 0.338 e. The number of benzene rings is 2. The predicted octanol–water partition coefficient (Wildman–Crippen LogP) is 4.49. The molecule has 0 saturated carbocycles. The summed E-state index contributed by atoms with van der Waals surface area (Å²) in [6.45, 7) is 5.54. The lowest BCUT2D eigenvalue weighted by Crippen LogP contribution is -2.28. The molecule has 5 nitrogen and oxygen atoms in total. The third-order valence-electron chi connectivity index (χ3n) is 4.81. The van der Waals surface area contributed by atoms with E-state index in [2.05, 4.69) is 19.2 Å². The lowest BCUT2D eigenvalue weighted by atomic mass is 10.0. The fraction of sp³-hybridized carbons (Fsp3) is 0.304. The predicted molar refractivity (Wildman–Crippen MR) is 113 cm³/mol. The molecule has 5 heteroatoms. The normalized spacial score (nSPS) is 11.0. The van der Waals surface area contributed by atoms with Crippen molar-refractivity contribution in [2.24, 2.45) is 0 Å². The maximum atomic E-state index is 12.6. The number of rotatable bonds is 7. The Morgan fingerprint density at radius 3 is 2.54 bits per heavy atom. The highest BCUT2D eigenvalue weighted by Gasteiger charge is 2.12. The van der Waals surface area contributed by atoms with Gasteiger partial charge in [0.15, 0.2) is 0 Å². The van der Waals surface area contributed by atoms with Crippen LogP contribution >= 0.6 is 0 Å². The number of carbonyl (C=O) groups is 1. The van der Waals surface area contributed by atoms with E-state index in [9.17, 15) is 9.59 Å². The zero-order valence-electron chi connectivity index (χ0n) is 16.6. The van der Waals surface area contributed by atoms with Crippen LogP contribution in [-0.2, 0) is 0 Å². The van der Waals surface area contributed by atoms with Crippen LogP contribution in [0, 0.1) is 0 Å². The average Bonchev–Trinajstić information content (AvgIpc) is 2.70. The zero-order chi connectivity index (χ0) is 20.1. The number of carbonyl (C=O) groups excluding carboxylic acids is 1. The number of hydrogen-bond acceptors (Lipinski definition) is 4. The van der Waals surface area contributed by atoms with Crippen molar-refractivity contribution >= 4 is 22.6 Å². The molecule has 0 aliphatic heterocycles. The summed E-state index contributed by atoms with van der Waals surface area (Å²) in [5.74, 6) is 0.463. The molecule has 28 heavy (non-hydrogen) atoms. The SMILES string of the molecule is CC(C)c1ccc(C(=O)N(C)CCCNc2cc(=O)oc3ccccc23)cc1. The monoisotopic (exact) mass is 378 g/mol. The third-order valence-corrected chi connectivity index (χ3v) is 4.81. The smallest absolute Gasteiger partial charge is 0.338 e. The summed E-state index contributed by atoms with van der Waals surface area (Å²) >= 11 is 0. The molecule has 1 heterocycles. The van der Waals surface area contributed by atoms with E-state index >= 15 is 0 Å². The quantitative estimate of drug-likeness (QED) is 0.486. The minimum atomic E-state index is -0.377. The lowest BCUT2D eigenvalue weighted by Gasteiger charge is -2.18. The number of anilines is 1. The van der Waals surface area contributed by atoms with Crippen LogP contribution in [0.2, 0.25) is 0 Å². The van der Waals surface area contributed by atoms with E-state index in [4.69, 9.17) is 4.42 Å². The van der Waals surface area contributed by atoms with Crippen molar-refractivity contribution < 1.29 is 9.21 Å². The number of hydrogen-bond donors (Lipinski definition) is 1. The minimum absolute atomic E-state index is 0.0149. The van der Waals surface area contributed by atoms with Gasteiger partial charge in [-0.1, -0.05) is 38.1 Å². The molecule has 0 unspecified atom stereocenters. The van der Waals surface area contributed by atoms with Gasteiger partial charge in [0.05, 0.1) is 5.69 Å². The van der Waals surface area contributed by atoms with E-state index in [0.717, 1.165) is 17.5 Å². The Morgan fingerprint density at radius 1 is 1.11 bits per heavy atom. The highest BCUT2D eigenvalue weighted by atomic mass is 16.4. The molecule has 0 fully saturated rings. The van der Waals surface area contributed by atoms with Gasteiger partial charge >= 0.3 is 5.63 Å². The van der Waals surface area contributed by atoms with Gasteiger partial charge in [0.25, 0.3) is 5.91 Å². The molecular formula is C23H26N2O3. The van der Waals surface area contributed by atoms with Crippen LogP contribution in [0.15, 0.2) is 63.8 Å². The summed E-state index contributed by atoms with van der Waals surface area (Å²) in [5, 5.41) is 4.16. The van der Waals surface area contributed by atoms with Gasteiger partial charge in [0.1, 0.15) is 5.58 Å². The van der Waals surface area contributed by atoms with Crippen molar-refractivity contribution in [3.8, 4) is 0 Å². The molecule has 0 bridgehead atoms. The molecule has 3 rings (SSSR count). The molecule has 0 atom stereocenters. The van der Waals surface area contributed by atoms with E-state index in [1.807, 2.05) is 49.5 Å². The molecule has 3 aromatic rings. The fourth-order valence-electron chi connectivity index (χ4n) is 3.13. The second kappa shape index (κ2) is 8.74. The third kappa shape index (κ3) is 4.60. The molecule has 0 saturated heterocycles. The van der Waals surface area contributed by atoms with Gasteiger partial charge in [0.2, 0.25) is 0 Å². The van der Waals surface area contributed by atoms with Crippen molar-refractivity contribution in [1.82, 2.24) is 4.90 Å². The molecule has 1 N–H and O–H groups in total. The van der Waals surface area contributed by atoms with Crippen molar-refractivity contribution in [3.05, 3.63) is 76.1 Å². The number of nitrogens with one attached hydrogen (secondary N) is 1. The number of para-hydroxylation sites is 1. The summed E-state index contributed by atoms with van der Waals surface area (Å²) in [4.78, 5) is 26.0. The topological polar surface area (TPSA) is 62.6 Å². The molecule has 2 aromatic carbocycles. The first-order chi connectivity index (χ1) is 13.5. The highest BCUT2D eigenvalue weighted by molar-refractivity contribution is 5.94. The summed E-state index contributed by atoms with van der Waals surface area (Å²) in [6, 6.07) is 16.7. The lowest BCUT2D eigenvalue weighted by molar-refractivity contribution is 0.0794. The van der Waals surface area contributed by atoms with E-state index in [0.29, 0.717) is 30.2 Å². The van der Waals surface area contributed by atoms with Gasteiger partial charge in [-0.15, -0.1) is 0 Å². The second-order valence-corrected chi connectivity index (χ2v) is 7.26. The van der Waals surface area contributed by atoms with E-state index in [1.54, 1.807) is 11.0 Å². The zero-order valence-corrected chi connectivity index (χ0v) is 16.6. The van der Waals surface area contributed by atoms with Crippen molar-refractivity contribution in [2.75, 3.05) is 25.5 Å². The van der Waals surface area contributed by atoms with Crippen LogP contribution in [0.25, 0.3) is 11.0 Å². The Balaban J connectivity index is 1.55. The van der Waals surface area contributed by atoms with E-state index in [-0.39, 0.29) is 11.5 Å². The molecule has 0 aliphatic carbocycles. The van der Waals surface area contributed by atoms with Gasteiger partial charge in [-0.25, -0.2) is 4.79 Å². The average molecular weight is 378 g/mol. The Morgan fingerprint density at radius 2 is 1.82 bits per heavy atom. The minimum Gasteiger partial charge on any atom is -0.423 e. The van der Waals surface area contributed by atoms with Gasteiger partial charge in [-0.3, -0.25) is 4.79 Å². The van der Waals surface area contributed by atoms with E-state index in [1.165, 1.54) is 11.6 Å². The van der Waals surface area contributed by atoms with Crippen LogP contribution in [0.3, 0.4) is 0 Å². The first-order valence-electron chi connectivity index (χ1n) is 9.58. The Labute approximate surface area is 165 Å². The Bertz CT molecular complexity index is 1010. The van der Waals surface area contributed by atoms with Crippen molar-refractivity contribution in [3.63, 3.8) is 0 Å². The van der Waals surface area contributed by atoms with Gasteiger partial charge < -0.3 is 14.6 Å². The molecule has 0 spiro atoms. The molecular weight excluding hydrogens is 352 g/mol. The van der Waals surface area contributed by atoms with Crippen molar-refractivity contribution in [1.29, 1.82) is 0 Å². The molecule has 146 valence electrons. The Kier molecular flexibility index (Phi) is 6.14. The molecule has 0 radical (unpaired) electrons. The van der Waals surface area contributed by atoms with Crippen LogP contribution in [0.1, 0.15) is 42.1 Å². The van der Waals surface area contributed by atoms with Gasteiger partial charge in [-0.2, -0.15) is 0 Å². The summed E-state index contributed by atoms with van der Waals surface area (Å²) in [5.41, 5.74) is 2.87. The summed E-state index contributed by atoms with van der Waals surface area (Å²) in [7, 11) is 1.81.